The van der Waals surface area contributed by atoms with Gasteiger partial charge >= 0.3 is 0 Å². The molecule has 0 atom stereocenters. The summed E-state index contributed by atoms with van der Waals surface area (Å²) in [5, 5.41) is 8.24. The number of nitrogens with one attached hydrogen (secondary N) is 1. The Labute approximate surface area is 117 Å². The van der Waals surface area contributed by atoms with Crippen LogP contribution in [-0.4, -0.2) is 39.9 Å². The van der Waals surface area contributed by atoms with Crippen LogP contribution in [0.2, 0.25) is 0 Å². The van der Waals surface area contributed by atoms with Crippen LogP contribution >= 0.6 is 0 Å². The van der Waals surface area contributed by atoms with E-state index in [2.05, 4.69) is 54.6 Å². The number of piperazine rings is 1. The van der Waals surface area contributed by atoms with Gasteiger partial charge in [-0.1, -0.05) is 6.92 Å². The predicted octanol–water partition coefficient (Wildman–Crippen LogP) is 2.09. The van der Waals surface area contributed by atoms with Gasteiger partial charge in [-0.25, -0.2) is 0 Å². The van der Waals surface area contributed by atoms with Crippen LogP contribution in [0.5, 0.6) is 0 Å². The minimum absolute atomic E-state index is 0.222. The zero-order chi connectivity index (χ0) is 14.0. The molecule has 108 valence electrons. The highest BCUT2D eigenvalue weighted by Crippen LogP contribution is 2.19. The maximum Gasteiger partial charge on any atom is 0.0641 e. The summed E-state index contributed by atoms with van der Waals surface area (Å²) in [5.74, 6) is 0. The third-order valence-electron chi connectivity index (χ3n) is 4.00. The fraction of sp³-hybridized carbons (Fsp3) is 0.800. The molecule has 1 N–H and O–H groups in total. The van der Waals surface area contributed by atoms with Crippen molar-refractivity contribution in [3.05, 3.63) is 17.0 Å². The molecule has 0 bridgehead atoms. The normalized spacial score (nSPS) is 19.8. The summed E-state index contributed by atoms with van der Waals surface area (Å²) >= 11 is 0. The van der Waals surface area contributed by atoms with Crippen molar-refractivity contribution in [3.63, 3.8) is 0 Å². The molecule has 1 saturated heterocycles. The molecule has 4 heteroatoms. The first-order chi connectivity index (χ1) is 8.93. The van der Waals surface area contributed by atoms with Crippen molar-refractivity contribution in [1.29, 1.82) is 0 Å². The number of hydrogen-bond donors (Lipinski definition) is 1. The Morgan fingerprint density at radius 2 is 2.05 bits per heavy atom. The number of hydrogen-bond acceptors (Lipinski definition) is 3. The summed E-state index contributed by atoms with van der Waals surface area (Å²) < 4.78 is 2.16. The molecule has 2 heterocycles. The Morgan fingerprint density at radius 3 is 2.68 bits per heavy atom. The first-order valence-corrected chi connectivity index (χ1v) is 7.43. The molecule has 0 radical (unpaired) electrons. The van der Waals surface area contributed by atoms with E-state index >= 15 is 0 Å². The molecular formula is C15H28N4. The van der Waals surface area contributed by atoms with Gasteiger partial charge in [-0.05, 0) is 34.1 Å². The SMILES string of the molecule is CCCn1nc(C)c(CN2CCNC(C)(C)C2)c1C. The molecule has 2 rings (SSSR count). The largest absolute Gasteiger partial charge is 0.309 e. The molecule has 0 unspecified atom stereocenters. The number of rotatable bonds is 4. The molecule has 4 nitrogen and oxygen atoms in total. The summed E-state index contributed by atoms with van der Waals surface area (Å²) in [4.78, 5) is 2.55. The van der Waals surface area contributed by atoms with Crippen molar-refractivity contribution in [3.8, 4) is 0 Å². The molecule has 0 aromatic carbocycles. The number of aryl methyl sites for hydroxylation is 2. The van der Waals surface area contributed by atoms with Crippen LogP contribution in [0.3, 0.4) is 0 Å². The molecular weight excluding hydrogens is 236 g/mol. The minimum atomic E-state index is 0.222. The van der Waals surface area contributed by atoms with E-state index in [0.29, 0.717) is 0 Å². The maximum absolute atomic E-state index is 4.68. The van der Waals surface area contributed by atoms with Crippen molar-refractivity contribution in [2.45, 2.75) is 59.7 Å². The minimum Gasteiger partial charge on any atom is -0.309 e. The highest BCUT2D eigenvalue weighted by atomic mass is 15.3. The van der Waals surface area contributed by atoms with E-state index in [9.17, 15) is 0 Å². The molecule has 0 spiro atoms. The van der Waals surface area contributed by atoms with Crippen LogP contribution in [0.1, 0.15) is 44.1 Å². The summed E-state index contributed by atoms with van der Waals surface area (Å²) in [7, 11) is 0. The van der Waals surface area contributed by atoms with Gasteiger partial charge in [-0.15, -0.1) is 0 Å². The Bertz CT molecular complexity index is 434. The van der Waals surface area contributed by atoms with Crippen molar-refractivity contribution in [1.82, 2.24) is 20.0 Å². The van der Waals surface area contributed by atoms with E-state index in [0.717, 1.165) is 39.1 Å². The Hall–Kier alpha value is -0.870. The summed E-state index contributed by atoms with van der Waals surface area (Å²) in [6.07, 6.45) is 1.14. The first kappa shape index (κ1) is 14.5. The van der Waals surface area contributed by atoms with Crippen molar-refractivity contribution < 1.29 is 0 Å². The Balaban J connectivity index is 2.10. The van der Waals surface area contributed by atoms with Crippen LogP contribution in [-0.2, 0) is 13.1 Å². The van der Waals surface area contributed by atoms with Crippen LogP contribution in [0.4, 0.5) is 0 Å². The summed E-state index contributed by atoms with van der Waals surface area (Å²) in [5.41, 5.74) is 4.18. The second kappa shape index (κ2) is 5.63. The van der Waals surface area contributed by atoms with Crippen LogP contribution in [0.25, 0.3) is 0 Å². The van der Waals surface area contributed by atoms with E-state index in [-0.39, 0.29) is 5.54 Å². The Kier molecular flexibility index (Phi) is 4.31. The molecule has 1 aliphatic rings. The second-order valence-electron chi connectivity index (χ2n) is 6.39. The van der Waals surface area contributed by atoms with Crippen molar-refractivity contribution in [2.75, 3.05) is 19.6 Å². The topological polar surface area (TPSA) is 33.1 Å². The summed E-state index contributed by atoms with van der Waals surface area (Å²) in [6.45, 7) is 16.5. The lowest BCUT2D eigenvalue weighted by Crippen LogP contribution is -2.56. The smallest absolute Gasteiger partial charge is 0.0641 e. The molecule has 1 aromatic heterocycles. The molecule has 1 fully saturated rings. The third kappa shape index (κ3) is 3.37. The quantitative estimate of drug-likeness (QED) is 0.904. The van der Waals surface area contributed by atoms with Gasteiger partial charge in [0.25, 0.3) is 0 Å². The van der Waals surface area contributed by atoms with Gasteiger partial charge in [0.1, 0.15) is 0 Å². The maximum atomic E-state index is 4.68. The monoisotopic (exact) mass is 264 g/mol. The van der Waals surface area contributed by atoms with Gasteiger partial charge in [-0.2, -0.15) is 5.10 Å². The standard InChI is InChI=1S/C15H28N4/c1-6-8-19-13(3)14(12(2)17-19)10-18-9-7-16-15(4,5)11-18/h16H,6-11H2,1-5H3. The molecule has 0 amide bonds. The average Bonchev–Trinajstić information content (AvgIpc) is 2.56. The fourth-order valence-corrected chi connectivity index (χ4v) is 3.00. The van der Waals surface area contributed by atoms with Crippen LogP contribution in [0.15, 0.2) is 0 Å². The van der Waals surface area contributed by atoms with E-state index in [1.807, 2.05) is 0 Å². The average molecular weight is 264 g/mol. The third-order valence-corrected chi connectivity index (χ3v) is 4.00. The van der Waals surface area contributed by atoms with Gasteiger partial charge in [-0.3, -0.25) is 9.58 Å². The molecule has 0 aliphatic carbocycles. The first-order valence-electron chi connectivity index (χ1n) is 7.43. The van der Waals surface area contributed by atoms with Gasteiger partial charge in [0.15, 0.2) is 0 Å². The Morgan fingerprint density at radius 1 is 1.32 bits per heavy atom. The summed E-state index contributed by atoms with van der Waals surface area (Å²) in [6, 6.07) is 0. The lowest BCUT2D eigenvalue weighted by atomic mass is 10.0. The zero-order valence-corrected chi connectivity index (χ0v) is 13.1. The number of nitrogens with zero attached hydrogens (tertiary/aromatic N) is 3. The van der Waals surface area contributed by atoms with E-state index in [1.54, 1.807) is 0 Å². The van der Waals surface area contributed by atoms with Gasteiger partial charge in [0.2, 0.25) is 0 Å². The van der Waals surface area contributed by atoms with Crippen molar-refractivity contribution in [2.24, 2.45) is 0 Å². The molecule has 1 aromatic rings. The fourth-order valence-electron chi connectivity index (χ4n) is 3.00. The molecule has 0 saturated carbocycles. The van der Waals surface area contributed by atoms with Gasteiger partial charge in [0.05, 0.1) is 5.69 Å². The van der Waals surface area contributed by atoms with E-state index in [4.69, 9.17) is 0 Å². The zero-order valence-electron chi connectivity index (χ0n) is 13.1. The van der Waals surface area contributed by atoms with Gasteiger partial charge < -0.3 is 5.32 Å². The molecule has 19 heavy (non-hydrogen) atoms. The second-order valence-corrected chi connectivity index (χ2v) is 6.39. The van der Waals surface area contributed by atoms with Crippen molar-refractivity contribution >= 4 is 0 Å². The lowest BCUT2D eigenvalue weighted by molar-refractivity contribution is 0.148. The van der Waals surface area contributed by atoms with E-state index < -0.39 is 0 Å². The number of aromatic nitrogens is 2. The highest BCUT2D eigenvalue weighted by molar-refractivity contribution is 5.24. The van der Waals surface area contributed by atoms with E-state index in [1.165, 1.54) is 17.0 Å². The highest BCUT2D eigenvalue weighted by Gasteiger charge is 2.26. The molecule has 1 aliphatic heterocycles. The lowest BCUT2D eigenvalue weighted by Gasteiger charge is -2.39. The predicted molar refractivity (Wildman–Crippen MR) is 79.4 cm³/mol. The van der Waals surface area contributed by atoms with Crippen LogP contribution < -0.4 is 5.32 Å². The van der Waals surface area contributed by atoms with Gasteiger partial charge in [0, 0.05) is 49.5 Å². The van der Waals surface area contributed by atoms with Crippen LogP contribution in [0, 0.1) is 13.8 Å².